The first-order chi connectivity index (χ1) is 13.9. The lowest BCUT2D eigenvalue weighted by Gasteiger charge is -2.45. The molecule has 2 N–H and O–H groups in total. The predicted octanol–water partition coefficient (Wildman–Crippen LogP) is 1.26. The molecule has 0 saturated carbocycles. The van der Waals surface area contributed by atoms with E-state index in [9.17, 15) is 4.79 Å². The summed E-state index contributed by atoms with van der Waals surface area (Å²) in [5.74, 6) is 0.550. The summed E-state index contributed by atoms with van der Waals surface area (Å²) in [4.78, 5) is 23.2. The van der Waals surface area contributed by atoms with Crippen LogP contribution in [0.2, 0.25) is 0 Å². The highest BCUT2D eigenvalue weighted by molar-refractivity contribution is 7.27. The SMILES string of the molecule is CN1C(=O)C2CCOCC2(c2cc(Oc3cc(C#N)ccn3)ccc2P)N=C1N. The van der Waals surface area contributed by atoms with E-state index in [0.29, 0.717) is 30.2 Å². The molecule has 2 aromatic rings. The fourth-order valence-corrected chi connectivity index (χ4v) is 4.22. The number of hydrogen-bond acceptors (Lipinski definition) is 7. The third-order valence-corrected chi connectivity index (χ3v) is 5.82. The predicted molar refractivity (Wildman–Crippen MR) is 110 cm³/mol. The van der Waals surface area contributed by atoms with E-state index in [1.54, 1.807) is 25.2 Å². The van der Waals surface area contributed by atoms with Gasteiger partial charge in [0.2, 0.25) is 11.8 Å². The summed E-state index contributed by atoms with van der Waals surface area (Å²) in [5, 5.41) is 9.94. The quantitative estimate of drug-likeness (QED) is 0.764. The molecule has 0 aliphatic carbocycles. The Morgan fingerprint density at radius 3 is 3.03 bits per heavy atom. The molecule has 1 saturated heterocycles. The normalized spacial score (nSPS) is 23.8. The molecule has 8 nitrogen and oxygen atoms in total. The number of benzene rings is 1. The monoisotopic (exact) mass is 409 g/mol. The molecule has 3 unspecified atom stereocenters. The van der Waals surface area contributed by atoms with Crippen LogP contribution in [-0.2, 0) is 15.1 Å². The van der Waals surface area contributed by atoms with Crippen LogP contribution in [0, 0.1) is 17.2 Å². The Morgan fingerprint density at radius 1 is 1.41 bits per heavy atom. The zero-order valence-electron chi connectivity index (χ0n) is 15.8. The van der Waals surface area contributed by atoms with E-state index in [4.69, 9.17) is 25.5 Å². The van der Waals surface area contributed by atoms with Crippen molar-refractivity contribution in [2.45, 2.75) is 12.0 Å². The maximum atomic E-state index is 12.9. The van der Waals surface area contributed by atoms with Gasteiger partial charge < -0.3 is 15.2 Å². The standard InChI is InChI=1S/C20H20N5O3P/c1-25-18(26)14-5-7-27-11-20(14,24-19(25)22)15-9-13(2-3-16(15)29)28-17-8-12(10-21)4-6-23-17/h2-4,6,8-9,14H,5,7,11,29H2,1H3,(H2,22,24). The highest BCUT2D eigenvalue weighted by atomic mass is 31.0. The van der Waals surface area contributed by atoms with E-state index in [2.05, 4.69) is 20.3 Å². The van der Waals surface area contributed by atoms with Gasteiger partial charge in [-0.1, -0.05) is 6.07 Å². The Morgan fingerprint density at radius 2 is 2.24 bits per heavy atom. The lowest BCUT2D eigenvalue weighted by molar-refractivity contribution is -0.140. The van der Waals surface area contributed by atoms with Crippen molar-refractivity contribution in [3.05, 3.63) is 47.7 Å². The van der Waals surface area contributed by atoms with E-state index in [0.717, 1.165) is 10.9 Å². The highest BCUT2D eigenvalue weighted by Crippen LogP contribution is 2.43. The van der Waals surface area contributed by atoms with E-state index in [1.807, 2.05) is 12.1 Å². The van der Waals surface area contributed by atoms with Crippen LogP contribution < -0.4 is 15.8 Å². The van der Waals surface area contributed by atoms with Gasteiger partial charge in [-0.3, -0.25) is 9.69 Å². The lowest BCUT2D eigenvalue weighted by atomic mass is 9.74. The molecule has 0 spiro atoms. The van der Waals surface area contributed by atoms with Gasteiger partial charge in [0.25, 0.3) is 0 Å². The topological polar surface area (TPSA) is 114 Å². The smallest absolute Gasteiger partial charge is 0.235 e. The number of ether oxygens (including phenoxy) is 2. The Bertz CT molecular complexity index is 1050. The second-order valence-electron chi connectivity index (χ2n) is 7.03. The van der Waals surface area contributed by atoms with E-state index in [1.165, 1.54) is 11.1 Å². The summed E-state index contributed by atoms with van der Waals surface area (Å²) in [6.45, 7) is 0.750. The first kappa shape index (κ1) is 19.3. The Kier molecular flexibility index (Phi) is 4.95. The third kappa shape index (κ3) is 3.33. The van der Waals surface area contributed by atoms with Crippen LogP contribution in [0.25, 0.3) is 0 Å². The van der Waals surface area contributed by atoms with E-state index < -0.39 is 5.54 Å². The summed E-state index contributed by atoms with van der Waals surface area (Å²) in [5.41, 5.74) is 6.40. The molecule has 29 heavy (non-hydrogen) atoms. The highest BCUT2D eigenvalue weighted by Gasteiger charge is 2.52. The minimum absolute atomic E-state index is 0.0695. The van der Waals surface area contributed by atoms with Crippen molar-refractivity contribution in [2.24, 2.45) is 16.6 Å². The Labute approximate surface area is 170 Å². The second kappa shape index (κ2) is 7.43. The van der Waals surface area contributed by atoms with Crippen LogP contribution in [0.5, 0.6) is 11.6 Å². The van der Waals surface area contributed by atoms with Crippen LogP contribution in [0.1, 0.15) is 17.5 Å². The van der Waals surface area contributed by atoms with Gasteiger partial charge in [0.05, 0.1) is 24.2 Å². The number of carbonyl (C=O) groups excluding carboxylic acids is 1. The summed E-state index contributed by atoms with van der Waals surface area (Å²) in [6, 6.07) is 10.7. The molecule has 0 radical (unpaired) electrons. The average Bonchev–Trinajstić information content (AvgIpc) is 2.73. The molecule has 4 rings (SSSR count). The van der Waals surface area contributed by atoms with Crippen molar-refractivity contribution >= 4 is 26.4 Å². The molecule has 9 heteroatoms. The average molecular weight is 409 g/mol. The molecule has 2 aliphatic heterocycles. The van der Waals surface area contributed by atoms with Crippen molar-refractivity contribution in [1.29, 1.82) is 5.26 Å². The molecule has 3 heterocycles. The molecule has 3 atom stereocenters. The maximum Gasteiger partial charge on any atom is 0.235 e. The number of nitrogens with zero attached hydrogens (tertiary/aromatic N) is 4. The Balaban J connectivity index is 1.78. The zero-order valence-corrected chi connectivity index (χ0v) is 17.0. The minimum Gasteiger partial charge on any atom is -0.439 e. The van der Waals surface area contributed by atoms with Gasteiger partial charge in [-0.05, 0) is 35.5 Å². The first-order valence-corrected chi connectivity index (χ1v) is 9.67. The van der Waals surface area contributed by atoms with Crippen LogP contribution in [0.4, 0.5) is 0 Å². The van der Waals surface area contributed by atoms with Crippen LogP contribution in [0.3, 0.4) is 0 Å². The van der Waals surface area contributed by atoms with Gasteiger partial charge in [-0.15, -0.1) is 9.24 Å². The van der Waals surface area contributed by atoms with Gasteiger partial charge in [-0.2, -0.15) is 5.26 Å². The third-order valence-electron chi connectivity index (χ3n) is 5.31. The molecule has 148 valence electrons. The summed E-state index contributed by atoms with van der Waals surface area (Å²) in [6.07, 6.45) is 2.07. The van der Waals surface area contributed by atoms with Crippen molar-refractivity contribution in [1.82, 2.24) is 9.88 Å². The van der Waals surface area contributed by atoms with E-state index >= 15 is 0 Å². The molecule has 1 aromatic heterocycles. The number of rotatable bonds is 3. The van der Waals surface area contributed by atoms with Crippen molar-refractivity contribution in [3.8, 4) is 17.7 Å². The number of carbonyl (C=O) groups is 1. The van der Waals surface area contributed by atoms with Crippen LogP contribution in [0.15, 0.2) is 41.5 Å². The largest absolute Gasteiger partial charge is 0.439 e. The molecule has 1 fully saturated rings. The van der Waals surface area contributed by atoms with Crippen molar-refractivity contribution in [2.75, 3.05) is 20.3 Å². The molecular weight excluding hydrogens is 389 g/mol. The molecular formula is C20H20N5O3P. The number of nitriles is 1. The molecule has 0 bridgehead atoms. The number of amides is 1. The minimum atomic E-state index is -0.912. The van der Waals surface area contributed by atoms with Crippen molar-refractivity contribution in [3.63, 3.8) is 0 Å². The van der Waals surface area contributed by atoms with Gasteiger partial charge in [0.15, 0.2) is 5.96 Å². The Hall–Kier alpha value is -3.01. The maximum absolute atomic E-state index is 12.9. The summed E-state index contributed by atoms with van der Waals surface area (Å²) >= 11 is 0. The van der Waals surface area contributed by atoms with Gasteiger partial charge in [0, 0.05) is 25.9 Å². The number of fused-ring (bicyclic) bond motifs is 1. The van der Waals surface area contributed by atoms with Crippen molar-refractivity contribution < 1.29 is 14.3 Å². The number of aromatic nitrogens is 1. The number of pyridine rings is 1. The van der Waals surface area contributed by atoms with Gasteiger partial charge in [-0.25, -0.2) is 9.98 Å². The lowest BCUT2D eigenvalue weighted by Crippen LogP contribution is -2.59. The number of nitrogens with two attached hydrogens (primary N) is 1. The zero-order chi connectivity index (χ0) is 20.6. The molecule has 1 amide bonds. The molecule has 2 aliphatic rings. The van der Waals surface area contributed by atoms with Gasteiger partial charge in [0.1, 0.15) is 11.3 Å². The molecule has 1 aromatic carbocycles. The number of aliphatic imine (C=N–C) groups is 1. The summed E-state index contributed by atoms with van der Waals surface area (Å²) < 4.78 is 11.6. The number of guanidine groups is 1. The van der Waals surface area contributed by atoms with Crippen LogP contribution in [-0.4, -0.2) is 42.0 Å². The van der Waals surface area contributed by atoms with Crippen LogP contribution >= 0.6 is 9.24 Å². The van der Waals surface area contributed by atoms with E-state index in [-0.39, 0.29) is 24.4 Å². The first-order valence-electron chi connectivity index (χ1n) is 9.09. The van der Waals surface area contributed by atoms with Gasteiger partial charge >= 0.3 is 0 Å². The second-order valence-corrected chi connectivity index (χ2v) is 7.65. The fourth-order valence-electron chi connectivity index (χ4n) is 3.79. The number of hydrogen-bond donors (Lipinski definition) is 1. The summed E-state index contributed by atoms with van der Waals surface area (Å²) in [7, 11) is 4.32. The fraction of sp³-hybridized carbons (Fsp3) is 0.300.